The third-order valence-electron chi connectivity index (χ3n) is 2.13. The number of nitrogens with two attached hydrogens (primary N) is 1. The van der Waals surface area contributed by atoms with Crippen molar-refractivity contribution in [1.29, 1.82) is 0 Å². The lowest BCUT2D eigenvalue weighted by Crippen LogP contribution is -1.88. The van der Waals surface area contributed by atoms with Gasteiger partial charge in [-0.05, 0) is 12.1 Å². The summed E-state index contributed by atoms with van der Waals surface area (Å²) in [6, 6.07) is 2.81. The Labute approximate surface area is 90.9 Å². The number of hydrogen-bond acceptors (Lipinski definition) is 6. The quantitative estimate of drug-likeness (QED) is 0.663. The zero-order chi connectivity index (χ0) is 11.7. The third kappa shape index (κ3) is 1.50. The molecule has 0 amide bonds. The first-order chi connectivity index (χ1) is 7.63. The van der Waals surface area contributed by atoms with Crippen LogP contribution in [-0.2, 0) is 0 Å². The maximum atomic E-state index is 9.47. The lowest BCUT2D eigenvalue weighted by atomic mass is 10.1. The van der Waals surface area contributed by atoms with Gasteiger partial charge in [-0.2, -0.15) is 0 Å². The molecule has 84 valence electrons. The highest BCUT2D eigenvalue weighted by molar-refractivity contribution is 5.74. The van der Waals surface area contributed by atoms with E-state index < -0.39 is 0 Å². The molecule has 4 N–H and O–H groups in total. The van der Waals surface area contributed by atoms with Gasteiger partial charge in [0.25, 0.3) is 0 Å². The van der Waals surface area contributed by atoms with Crippen molar-refractivity contribution in [2.24, 2.45) is 0 Å². The number of benzene rings is 1. The first-order valence-electron chi connectivity index (χ1n) is 4.44. The van der Waals surface area contributed by atoms with Crippen molar-refractivity contribution in [2.75, 3.05) is 12.8 Å². The van der Waals surface area contributed by atoms with Crippen LogP contribution in [0.3, 0.4) is 0 Å². The summed E-state index contributed by atoms with van der Waals surface area (Å²) >= 11 is 0. The van der Waals surface area contributed by atoms with Crippen LogP contribution in [0.15, 0.2) is 22.9 Å². The van der Waals surface area contributed by atoms with Crippen molar-refractivity contribution in [3.05, 3.63) is 18.3 Å². The van der Waals surface area contributed by atoms with E-state index in [0.29, 0.717) is 17.0 Å². The first kappa shape index (κ1) is 10.2. The molecule has 0 aliphatic rings. The van der Waals surface area contributed by atoms with Gasteiger partial charge >= 0.3 is 0 Å². The minimum atomic E-state index is -0.329. The molecule has 0 aliphatic carbocycles. The highest BCUT2D eigenvalue weighted by Crippen LogP contribution is 2.40. The largest absolute Gasteiger partial charge is 0.504 e. The molecular formula is C10H10N2O4. The first-order valence-corrected chi connectivity index (χ1v) is 4.44. The number of anilines is 1. The maximum Gasteiger partial charge on any atom is 0.200 e. The number of nitrogen functional groups attached to an aromatic ring is 1. The monoisotopic (exact) mass is 222 g/mol. The number of ether oxygens (including phenoxy) is 1. The van der Waals surface area contributed by atoms with Gasteiger partial charge in [0.1, 0.15) is 5.69 Å². The van der Waals surface area contributed by atoms with E-state index in [0.717, 1.165) is 0 Å². The van der Waals surface area contributed by atoms with Crippen molar-refractivity contribution in [2.45, 2.75) is 0 Å². The third-order valence-corrected chi connectivity index (χ3v) is 2.13. The molecular weight excluding hydrogens is 212 g/mol. The number of aromatic hydroxyl groups is 2. The molecule has 0 unspecified atom stereocenters. The molecule has 1 aromatic carbocycles. The van der Waals surface area contributed by atoms with E-state index >= 15 is 0 Å². The minimum Gasteiger partial charge on any atom is -0.504 e. The van der Waals surface area contributed by atoms with Crippen LogP contribution in [0.25, 0.3) is 11.3 Å². The summed E-state index contributed by atoms with van der Waals surface area (Å²) in [5.74, 6) is -0.200. The molecule has 0 atom stereocenters. The molecule has 1 heterocycles. The van der Waals surface area contributed by atoms with E-state index in [2.05, 4.69) is 5.16 Å². The number of rotatable bonds is 2. The molecule has 6 heteroatoms. The van der Waals surface area contributed by atoms with Gasteiger partial charge < -0.3 is 25.2 Å². The Morgan fingerprint density at radius 2 is 2.12 bits per heavy atom. The normalized spacial score (nSPS) is 10.3. The Bertz CT molecular complexity index is 522. The number of nitrogens with zero attached hydrogens (tertiary/aromatic N) is 1. The molecule has 0 spiro atoms. The van der Waals surface area contributed by atoms with Crippen molar-refractivity contribution >= 4 is 5.69 Å². The van der Waals surface area contributed by atoms with Crippen LogP contribution in [0.4, 0.5) is 5.69 Å². The second-order valence-corrected chi connectivity index (χ2v) is 3.16. The molecule has 0 bridgehead atoms. The Kier molecular flexibility index (Phi) is 2.32. The summed E-state index contributed by atoms with van der Waals surface area (Å²) in [5, 5.41) is 22.4. The Morgan fingerprint density at radius 3 is 2.69 bits per heavy atom. The summed E-state index contributed by atoms with van der Waals surface area (Å²) in [6.07, 6.45) is 1.35. The highest BCUT2D eigenvalue weighted by Gasteiger charge is 2.15. The van der Waals surface area contributed by atoms with Crippen LogP contribution in [-0.4, -0.2) is 22.5 Å². The van der Waals surface area contributed by atoms with Crippen LogP contribution in [0.2, 0.25) is 0 Å². The maximum absolute atomic E-state index is 9.47. The summed E-state index contributed by atoms with van der Waals surface area (Å²) in [7, 11) is 1.38. The van der Waals surface area contributed by atoms with E-state index in [1.54, 1.807) is 0 Å². The van der Waals surface area contributed by atoms with E-state index in [-0.39, 0.29) is 17.2 Å². The average Bonchev–Trinajstić information content (AvgIpc) is 2.68. The summed E-state index contributed by atoms with van der Waals surface area (Å²) in [5.41, 5.74) is 6.43. The van der Waals surface area contributed by atoms with Gasteiger partial charge in [-0.25, -0.2) is 0 Å². The zero-order valence-electron chi connectivity index (χ0n) is 8.47. The van der Waals surface area contributed by atoms with E-state index in [1.807, 2.05) is 0 Å². The fourth-order valence-electron chi connectivity index (χ4n) is 1.35. The molecule has 0 radical (unpaired) electrons. The summed E-state index contributed by atoms with van der Waals surface area (Å²) in [4.78, 5) is 0. The molecule has 0 fully saturated rings. The van der Waals surface area contributed by atoms with Crippen molar-refractivity contribution in [3.8, 4) is 28.6 Å². The lowest BCUT2D eigenvalue weighted by Gasteiger charge is -2.07. The van der Waals surface area contributed by atoms with Crippen LogP contribution < -0.4 is 10.5 Å². The Morgan fingerprint density at radius 1 is 1.38 bits per heavy atom. The lowest BCUT2D eigenvalue weighted by molar-refractivity contribution is 0.351. The second kappa shape index (κ2) is 3.65. The fraction of sp³-hybridized carbons (Fsp3) is 0.100. The molecule has 6 nitrogen and oxygen atoms in total. The standard InChI is InChI=1S/C10H10N2O4/c1-15-8-3-5(2-7(13)9(8)14)10-6(11)4-12-16-10/h2-4,13-14H,11H2,1H3. The zero-order valence-corrected chi connectivity index (χ0v) is 8.47. The fourth-order valence-corrected chi connectivity index (χ4v) is 1.35. The molecule has 1 aromatic heterocycles. The van der Waals surface area contributed by atoms with Gasteiger partial charge in [0, 0.05) is 5.56 Å². The van der Waals surface area contributed by atoms with Gasteiger partial charge in [-0.3, -0.25) is 0 Å². The SMILES string of the molecule is COc1cc(-c2oncc2N)cc(O)c1O. The second-order valence-electron chi connectivity index (χ2n) is 3.16. The summed E-state index contributed by atoms with van der Waals surface area (Å²) in [6.45, 7) is 0. The minimum absolute atomic E-state index is 0.130. The molecule has 0 aliphatic heterocycles. The van der Waals surface area contributed by atoms with E-state index in [9.17, 15) is 10.2 Å². The van der Waals surface area contributed by atoms with Crippen LogP contribution >= 0.6 is 0 Å². The smallest absolute Gasteiger partial charge is 0.200 e. The van der Waals surface area contributed by atoms with Crippen LogP contribution in [0.5, 0.6) is 17.2 Å². The van der Waals surface area contributed by atoms with E-state index in [1.165, 1.54) is 25.4 Å². The predicted molar refractivity (Wildman–Crippen MR) is 56.2 cm³/mol. The molecule has 0 saturated carbocycles. The number of methoxy groups -OCH3 is 1. The van der Waals surface area contributed by atoms with Gasteiger partial charge in [-0.15, -0.1) is 0 Å². The molecule has 16 heavy (non-hydrogen) atoms. The number of hydrogen-bond donors (Lipinski definition) is 3. The van der Waals surface area contributed by atoms with Gasteiger partial charge in [-0.1, -0.05) is 5.16 Å². The number of phenols is 2. The topological polar surface area (TPSA) is 102 Å². The molecule has 0 saturated heterocycles. The average molecular weight is 222 g/mol. The highest BCUT2D eigenvalue weighted by atomic mass is 16.5. The van der Waals surface area contributed by atoms with Gasteiger partial charge in [0.2, 0.25) is 5.75 Å². The van der Waals surface area contributed by atoms with E-state index in [4.69, 9.17) is 15.0 Å². The Balaban J connectivity index is 2.59. The summed E-state index contributed by atoms with van der Waals surface area (Å²) < 4.78 is 9.81. The Hall–Kier alpha value is -2.37. The van der Waals surface area contributed by atoms with Gasteiger partial charge in [0.05, 0.1) is 13.3 Å². The number of phenolic OH excluding ortho intramolecular Hbond substituents is 2. The van der Waals surface area contributed by atoms with Crippen molar-refractivity contribution in [3.63, 3.8) is 0 Å². The van der Waals surface area contributed by atoms with Crippen molar-refractivity contribution in [1.82, 2.24) is 5.16 Å². The van der Waals surface area contributed by atoms with Gasteiger partial charge in [0.15, 0.2) is 17.3 Å². The predicted octanol–water partition coefficient (Wildman–Crippen LogP) is 1.34. The molecule has 2 aromatic rings. The molecule has 2 rings (SSSR count). The number of aromatic nitrogens is 1. The van der Waals surface area contributed by atoms with Crippen LogP contribution in [0.1, 0.15) is 0 Å². The van der Waals surface area contributed by atoms with Crippen molar-refractivity contribution < 1.29 is 19.5 Å². The van der Waals surface area contributed by atoms with Crippen LogP contribution in [0, 0.1) is 0 Å².